The van der Waals surface area contributed by atoms with E-state index in [2.05, 4.69) is 20.5 Å². The number of hydrogen-bond donors (Lipinski definition) is 2. The molecular weight excluding hydrogens is 328 g/mol. The van der Waals surface area contributed by atoms with Crippen LogP contribution in [0.1, 0.15) is 55.0 Å². The Bertz CT molecular complexity index is 928. The molecule has 0 aromatic carbocycles. The number of halogens is 2. The number of nitrogens with one attached hydrogen (secondary N) is 2. The molecule has 6 nitrogen and oxygen atoms in total. The van der Waals surface area contributed by atoms with Gasteiger partial charge in [-0.3, -0.25) is 9.89 Å². The van der Waals surface area contributed by atoms with E-state index in [0.29, 0.717) is 23.1 Å². The van der Waals surface area contributed by atoms with Gasteiger partial charge >= 0.3 is 0 Å². The van der Waals surface area contributed by atoms with Crippen LogP contribution in [0.2, 0.25) is 0 Å². The van der Waals surface area contributed by atoms with Crippen molar-refractivity contribution in [1.82, 2.24) is 19.6 Å². The van der Waals surface area contributed by atoms with Gasteiger partial charge in [0.25, 0.3) is 6.43 Å². The fraction of sp³-hybridized carbons (Fsp3) is 0.353. The molecule has 2 N–H and O–H groups in total. The van der Waals surface area contributed by atoms with E-state index in [1.54, 1.807) is 13.1 Å². The first kappa shape index (κ1) is 15.7. The molecule has 1 saturated carbocycles. The molecule has 3 aromatic heterocycles. The normalized spacial score (nSPS) is 15.7. The maximum atomic E-state index is 12.8. The van der Waals surface area contributed by atoms with Crippen molar-refractivity contribution in [1.29, 1.82) is 0 Å². The molecule has 1 amide bonds. The predicted octanol–water partition coefficient (Wildman–Crippen LogP) is 3.61. The van der Waals surface area contributed by atoms with Crippen LogP contribution in [0.4, 0.5) is 14.6 Å². The second-order valence-electron chi connectivity index (χ2n) is 6.39. The highest BCUT2D eigenvalue weighted by Gasteiger charge is 2.26. The SMILES string of the molecule is C[C@@H](C(=O)Nc1cc(C2CC2)[nH]n1)c1cn2cc(C(F)F)ccc2n1. The summed E-state index contributed by atoms with van der Waals surface area (Å²) in [6, 6.07) is 4.71. The van der Waals surface area contributed by atoms with Gasteiger partial charge < -0.3 is 9.72 Å². The number of anilines is 1. The summed E-state index contributed by atoms with van der Waals surface area (Å²) < 4.78 is 27.1. The Balaban J connectivity index is 1.51. The van der Waals surface area contributed by atoms with Gasteiger partial charge in [0, 0.05) is 35.6 Å². The van der Waals surface area contributed by atoms with E-state index < -0.39 is 12.3 Å². The molecule has 0 bridgehead atoms. The summed E-state index contributed by atoms with van der Waals surface area (Å²) in [7, 11) is 0. The molecule has 1 atom stereocenters. The fourth-order valence-electron chi connectivity index (χ4n) is 2.74. The van der Waals surface area contributed by atoms with Crippen LogP contribution in [-0.4, -0.2) is 25.5 Å². The Morgan fingerprint density at radius 1 is 1.36 bits per heavy atom. The number of H-pyrrole nitrogens is 1. The number of hydrogen-bond acceptors (Lipinski definition) is 3. The lowest BCUT2D eigenvalue weighted by molar-refractivity contribution is -0.117. The number of aromatic amines is 1. The van der Waals surface area contributed by atoms with Crippen LogP contribution in [0.25, 0.3) is 5.65 Å². The monoisotopic (exact) mass is 345 g/mol. The van der Waals surface area contributed by atoms with E-state index in [4.69, 9.17) is 0 Å². The van der Waals surface area contributed by atoms with Gasteiger partial charge in [-0.1, -0.05) is 0 Å². The first-order chi connectivity index (χ1) is 12.0. The number of rotatable bonds is 5. The second-order valence-corrected chi connectivity index (χ2v) is 6.39. The molecule has 3 aromatic rings. The number of alkyl halides is 2. The molecule has 0 saturated heterocycles. The second kappa shape index (κ2) is 5.94. The summed E-state index contributed by atoms with van der Waals surface area (Å²) in [5.74, 6) is 0.239. The largest absolute Gasteiger partial charge is 0.309 e. The smallest absolute Gasteiger partial charge is 0.265 e. The predicted molar refractivity (Wildman–Crippen MR) is 87.8 cm³/mol. The molecule has 8 heteroatoms. The Kier molecular flexibility index (Phi) is 3.74. The summed E-state index contributed by atoms with van der Waals surface area (Å²) in [5.41, 5.74) is 1.99. The first-order valence-corrected chi connectivity index (χ1v) is 8.14. The average molecular weight is 345 g/mol. The highest BCUT2D eigenvalue weighted by Crippen LogP contribution is 2.39. The van der Waals surface area contributed by atoms with Crippen molar-refractivity contribution in [2.45, 2.75) is 38.0 Å². The van der Waals surface area contributed by atoms with Gasteiger partial charge in [0.1, 0.15) is 5.65 Å². The number of fused-ring (bicyclic) bond motifs is 1. The Labute approximate surface area is 142 Å². The molecule has 0 aliphatic heterocycles. The molecule has 1 aliphatic rings. The van der Waals surface area contributed by atoms with Crippen LogP contribution in [0.3, 0.4) is 0 Å². The molecule has 0 radical (unpaired) electrons. The average Bonchev–Trinajstić information content (AvgIpc) is 3.18. The number of nitrogens with zero attached hydrogens (tertiary/aromatic N) is 3. The lowest BCUT2D eigenvalue weighted by atomic mass is 10.1. The van der Waals surface area contributed by atoms with Crippen LogP contribution in [0, 0.1) is 0 Å². The summed E-state index contributed by atoms with van der Waals surface area (Å²) in [5, 5.41) is 9.80. The zero-order valence-corrected chi connectivity index (χ0v) is 13.5. The maximum absolute atomic E-state index is 12.8. The number of imidazole rings is 1. The summed E-state index contributed by atoms with van der Waals surface area (Å²) in [6.45, 7) is 1.72. The first-order valence-electron chi connectivity index (χ1n) is 8.14. The number of aromatic nitrogens is 4. The van der Waals surface area contributed by atoms with Crippen molar-refractivity contribution in [2.75, 3.05) is 5.32 Å². The third kappa shape index (κ3) is 3.11. The van der Waals surface area contributed by atoms with E-state index in [9.17, 15) is 13.6 Å². The Hall–Kier alpha value is -2.77. The van der Waals surface area contributed by atoms with Gasteiger partial charge in [0.15, 0.2) is 5.82 Å². The van der Waals surface area contributed by atoms with E-state index >= 15 is 0 Å². The zero-order chi connectivity index (χ0) is 17.6. The molecule has 4 rings (SSSR count). The minimum absolute atomic E-state index is 0.0855. The zero-order valence-electron chi connectivity index (χ0n) is 13.5. The van der Waals surface area contributed by atoms with Gasteiger partial charge in [0.2, 0.25) is 5.91 Å². The van der Waals surface area contributed by atoms with Crippen LogP contribution in [0.5, 0.6) is 0 Å². The number of carbonyl (C=O) groups is 1. The van der Waals surface area contributed by atoms with Gasteiger partial charge in [-0.15, -0.1) is 0 Å². The van der Waals surface area contributed by atoms with E-state index in [0.717, 1.165) is 18.5 Å². The summed E-state index contributed by atoms with van der Waals surface area (Å²) in [4.78, 5) is 16.8. The van der Waals surface area contributed by atoms with E-state index in [1.807, 2.05) is 6.07 Å². The summed E-state index contributed by atoms with van der Waals surface area (Å²) in [6.07, 6.45) is 2.68. The minimum Gasteiger partial charge on any atom is -0.309 e. The lowest BCUT2D eigenvalue weighted by Crippen LogP contribution is -2.19. The van der Waals surface area contributed by atoms with Crippen molar-refractivity contribution in [3.63, 3.8) is 0 Å². The molecule has 3 heterocycles. The number of carbonyl (C=O) groups excluding carboxylic acids is 1. The third-order valence-corrected chi connectivity index (χ3v) is 4.45. The quantitative estimate of drug-likeness (QED) is 0.742. The van der Waals surface area contributed by atoms with Gasteiger partial charge in [-0.25, -0.2) is 13.8 Å². The third-order valence-electron chi connectivity index (χ3n) is 4.45. The molecule has 25 heavy (non-hydrogen) atoms. The highest BCUT2D eigenvalue weighted by molar-refractivity contribution is 5.94. The van der Waals surface area contributed by atoms with E-state index in [-0.39, 0.29) is 11.5 Å². The molecular formula is C17H17F2N5O. The van der Waals surface area contributed by atoms with Gasteiger partial charge in [-0.05, 0) is 31.9 Å². The molecule has 1 fully saturated rings. The maximum Gasteiger partial charge on any atom is 0.265 e. The Morgan fingerprint density at radius 2 is 2.16 bits per heavy atom. The number of pyridine rings is 1. The molecule has 0 spiro atoms. The standard InChI is InChI=1S/C17H17F2N5O/c1-9(17(25)21-14-6-12(22-23-14)10-2-3-10)13-8-24-7-11(16(18)19)4-5-15(24)20-13/h4-10,16H,2-3H2,1H3,(H2,21,22,23,25)/t9-/m1/s1. The molecule has 130 valence electrons. The topological polar surface area (TPSA) is 75.1 Å². The van der Waals surface area contributed by atoms with Gasteiger partial charge in [0.05, 0.1) is 11.6 Å². The lowest BCUT2D eigenvalue weighted by Gasteiger charge is -2.07. The van der Waals surface area contributed by atoms with Crippen molar-refractivity contribution in [3.05, 3.63) is 47.5 Å². The van der Waals surface area contributed by atoms with Crippen molar-refractivity contribution >= 4 is 17.4 Å². The summed E-state index contributed by atoms with van der Waals surface area (Å²) >= 11 is 0. The van der Waals surface area contributed by atoms with Crippen LogP contribution in [0.15, 0.2) is 30.6 Å². The van der Waals surface area contributed by atoms with E-state index in [1.165, 1.54) is 22.7 Å². The Morgan fingerprint density at radius 3 is 2.88 bits per heavy atom. The van der Waals surface area contributed by atoms with Crippen molar-refractivity contribution in [2.24, 2.45) is 0 Å². The fourth-order valence-corrected chi connectivity index (χ4v) is 2.74. The molecule has 1 aliphatic carbocycles. The van der Waals surface area contributed by atoms with Crippen molar-refractivity contribution in [3.8, 4) is 0 Å². The number of amides is 1. The molecule has 0 unspecified atom stereocenters. The van der Waals surface area contributed by atoms with Gasteiger partial charge in [-0.2, -0.15) is 5.10 Å². The van der Waals surface area contributed by atoms with Crippen LogP contribution >= 0.6 is 0 Å². The highest BCUT2D eigenvalue weighted by atomic mass is 19.3. The van der Waals surface area contributed by atoms with Crippen molar-refractivity contribution < 1.29 is 13.6 Å². The van der Waals surface area contributed by atoms with Crippen LogP contribution < -0.4 is 5.32 Å². The van der Waals surface area contributed by atoms with Crippen LogP contribution in [-0.2, 0) is 4.79 Å². The minimum atomic E-state index is -2.55.